The molecule has 1 aliphatic carbocycles. The summed E-state index contributed by atoms with van der Waals surface area (Å²) < 4.78 is 0. The van der Waals surface area contributed by atoms with Crippen LogP contribution in [0.3, 0.4) is 0 Å². The first kappa shape index (κ1) is 32.8. The summed E-state index contributed by atoms with van der Waals surface area (Å²) in [4.78, 5) is 35.6. The average molecular weight is 619 g/mol. The monoisotopic (exact) mass is 617 g/mol. The lowest BCUT2D eigenvalue weighted by molar-refractivity contribution is -0.127. The van der Waals surface area contributed by atoms with E-state index in [1.165, 1.54) is 12.0 Å². The highest BCUT2D eigenvalue weighted by Crippen LogP contribution is 2.30. The molecule has 0 radical (unpaired) electrons. The predicted molar refractivity (Wildman–Crippen MR) is 173 cm³/mol. The highest BCUT2D eigenvalue weighted by molar-refractivity contribution is 6.42. The van der Waals surface area contributed by atoms with Gasteiger partial charge < -0.3 is 15.5 Å². The number of hydrogen-bond acceptors (Lipinski definition) is 4. The quantitative estimate of drug-likeness (QED) is 0.322. The van der Waals surface area contributed by atoms with Gasteiger partial charge in [0, 0.05) is 50.6 Å². The molecule has 1 unspecified atom stereocenters. The standard InChI is InChI=1S/C33H49Cl2N5O2/c1-23-25(20-36-21-26(23)18-24-10-11-28(34)29(35)19-24)12-14-37-31(41)30-22-39(15-13-33(2,3)4)16-17-40(30)32(42)38-27-8-6-5-7-9-27/h10-11,19-21,23,26-27,30H,5-9,12-18,22H2,1-4H3,(H,37,41)(H,38,42)/t23-,26+,30?/m1/s1. The van der Waals surface area contributed by atoms with Gasteiger partial charge in [-0.3, -0.25) is 14.7 Å². The predicted octanol–water partition coefficient (Wildman–Crippen LogP) is 6.73. The Bertz CT molecular complexity index is 1140. The maximum atomic E-state index is 13.6. The van der Waals surface area contributed by atoms with Crippen molar-refractivity contribution < 1.29 is 9.59 Å². The number of aliphatic imine (C=N–C) groups is 1. The number of nitrogens with zero attached hydrogens (tertiary/aromatic N) is 3. The molecule has 3 amide bonds. The Morgan fingerprint density at radius 2 is 1.83 bits per heavy atom. The van der Waals surface area contributed by atoms with Crippen LogP contribution in [0, 0.1) is 17.3 Å². The summed E-state index contributed by atoms with van der Waals surface area (Å²) in [6, 6.07) is 5.39. The van der Waals surface area contributed by atoms with Gasteiger partial charge in [-0.15, -0.1) is 0 Å². The molecule has 2 fully saturated rings. The van der Waals surface area contributed by atoms with E-state index in [1.54, 1.807) is 4.90 Å². The van der Waals surface area contributed by atoms with E-state index in [0.717, 1.165) is 63.6 Å². The minimum Gasteiger partial charge on any atom is -0.354 e. The Morgan fingerprint density at radius 3 is 2.55 bits per heavy atom. The third kappa shape index (κ3) is 9.45. The van der Waals surface area contributed by atoms with Crippen molar-refractivity contribution in [3.8, 4) is 0 Å². The number of carbonyl (C=O) groups excluding carboxylic acids is 2. The second-order valence-electron chi connectivity index (χ2n) is 13.6. The summed E-state index contributed by atoms with van der Waals surface area (Å²) in [6.45, 7) is 12.3. The Morgan fingerprint density at radius 1 is 1.07 bits per heavy atom. The molecule has 3 atom stereocenters. The normalized spacial score (nSPS) is 23.9. The Labute approximate surface area is 262 Å². The minimum absolute atomic E-state index is 0.0748. The van der Waals surface area contributed by atoms with Crippen molar-refractivity contribution in [3.63, 3.8) is 0 Å². The lowest BCUT2D eigenvalue weighted by Gasteiger charge is -2.42. The van der Waals surface area contributed by atoms with Crippen LogP contribution < -0.4 is 10.6 Å². The Hall–Kier alpha value is -2.09. The molecule has 2 aliphatic heterocycles. The minimum atomic E-state index is -0.500. The van der Waals surface area contributed by atoms with Gasteiger partial charge in [0.25, 0.3) is 0 Å². The van der Waals surface area contributed by atoms with E-state index in [2.05, 4.69) is 48.2 Å². The fourth-order valence-electron chi connectivity index (χ4n) is 6.19. The first-order valence-electron chi connectivity index (χ1n) is 15.7. The first-order valence-corrected chi connectivity index (χ1v) is 16.5. The first-order chi connectivity index (χ1) is 20.0. The summed E-state index contributed by atoms with van der Waals surface area (Å²) in [6.07, 6.45) is 12.1. The summed E-state index contributed by atoms with van der Waals surface area (Å²) in [7, 11) is 0. The van der Waals surface area contributed by atoms with Gasteiger partial charge in [0.1, 0.15) is 6.04 Å². The van der Waals surface area contributed by atoms with Crippen molar-refractivity contribution in [1.29, 1.82) is 0 Å². The van der Waals surface area contributed by atoms with Crippen molar-refractivity contribution in [2.75, 3.05) is 32.7 Å². The topological polar surface area (TPSA) is 77.0 Å². The molecule has 0 aromatic heterocycles. The van der Waals surface area contributed by atoms with Gasteiger partial charge in [0.05, 0.1) is 10.0 Å². The van der Waals surface area contributed by atoms with Crippen LogP contribution in [0.4, 0.5) is 4.79 Å². The second kappa shape index (κ2) is 15.1. The SMILES string of the molecule is C[C@@H]1C(CCNC(=O)C2CN(CCC(C)(C)C)CCN2C(=O)NC2CCCCC2)=CN=C[C@@H]1Cc1ccc(Cl)c(Cl)c1. The number of benzene rings is 1. The zero-order valence-electron chi connectivity index (χ0n) is 25.8. The number of urea groups is 1. The van der Waals surface area contributed by atoms with Gasteiger partial charge in [-0.1, -0.05) is 76.2 Å². The summed E-state index contributed by atoms with van der Waals surface area (Å²) in [5.41, 5.74) is 2.56. The van der Waals surface area contributed by atoms with Crippen LogP contribution in [0.1, 0.15) is 78.2 Å². The largest absolute Gasteiger partial charge is 0.354 e. The van der Waals surface area contributed by atoms with Crippen LogP contribution >= 0.6 is 23.2 Å². The Balaban J connectivity index is 1.34. The molecule has 3 aliphatic rings. The van der Waals surface area contributed by atoms with Gasteiger partial charge >= 0.3 is 6.03 Å². The molecular formula is C33H49Cl2N5O2. The van der Waals surface area contributed by atoms with Gasteiger partial charge in [-0.25, -0.2) is 4.79 Å². The van der Waals surface area contributed by atoms with Crippen molar-refractivity contribution >= 4 is 41.4 Å². The van der Waals surface area contributed by atoms with E-state index >= 15 is 0 Å². The maximum Gasteiger partial charge on any atom is 0.318 e. The summed E-state index contributed by atoms with van der Waals surface area (Å²) in [5, 5.41) is 7.53. The van der Waals surface area contributed by atoms with Crippen LogP contribution in [0.15, 0.2) is 35.0 Å². The lowest BCUT2D eigenvalue weighted by Crippen LogP contribution is -2.63. The van der Waals surface area contributed by atoms with Crippen LogP contribution in [-0.4, -0.2) is 72.8 Å². The van der Waals surface area contributed by atoms with Crippen molar-refractivity contribution in [2.45, 2.75) is 91.1 Å². The molecule has 9 heteroatoms. The number of carbonyl (C=O) groups is 2. The van der Waals surface area contributed by atoms with Gasteiger partial charge in [0.2, 0.25) is 5.91 Å². The zero-order chi connectivity index (χ0) is 30.3. The number of amides is 3. The van der Waals surface area contributed by atoms with E-state index in [0.29, 0.717) is 29.7 Å². The van der Waals surface area contributed by atoms with Crippen LogP contribution in [0.2, 0.25) is 10.0 Å². The second-order valence-corrected chi connectivity index (χ2v) is 14.4. The highest BCUT2D eigenvalue weighted by Gasteiger charge is 2.36. The van der Waals surface area contributed by atoms with Crippen LogP contribution in [-0.2, 0) is 11.2 Å². The van der Waals surface area contributed by atoms with Gasteiger partial charge in [-0.2, -0.15) is 0 Å². The van der Waals surface area contributed by atoms with E-state index in [1.807, 2.05) is 30.6 Å². The number of hydrogen-bond donors (Lipinski definition) is 2. The summed E-state index contributed by atoms with van der Waals surface area (Å²) >= 11 is 12.3. The Kier molecular flexibility index (Phi) is 11.8. The third-order valence-electron chi connectivity index (χ3n) is 9.05. The number of piperazine rings is 1. The molecule has 4 rings (SSSR count). The zero-order valence-corrected chi connectivity index (χ0v) is 27.3. The van der Waals surface area contributed by atoms with E-state index in [-0.39, 0.29) is 35.2 Å². The van der Waals surface area contributed by atoms with Crippen LogP contribution in [0.25, 0.3) is 0 Å². The number of nitrogens with one attached hydrogen (secondary N) is 2. The molecule has 2 heterocycles. The third-order valence-corrected chi connectivity index (χ3v) is 9.79. The van der Waals surface area contributed by atoms with Crippen molar-refractivity contribution in [1.82, 2.24) is 20.4 Å². The fourth-order valence-corrected chi connectivity index (χ4v) is 6.51. The molecule has 7 nitrogen and oxygen atoms in total. The average Bonchev–Trinajstić information content (AvgIpc) is 2.95. The lowest BCUT2D eigenvalue weighted by atomic mass is 9.82. The molecule has 0 bridgehead atoms. The van der Waals surface area contributed by atoms with E-state index < -0.39 is 6.04 Å². The molecule has 1 saturated carbocycles. The molecule has 42 heavy (non-hydrogen) atoms. The smallest absolute Gasteiger partial charge is 0.318 e. The van der Waals surface area contributed by atoms with E-state index in [4.69, 9.17) is 23.2 Å². The van der Waals surface area contributed by atoms with Gasteiger partial charge in [-0.05, 0) is 73.3 Å². The van der Waals surface area contributed by atoms with Gasteiger partial charge in [0.15, 0.2) is 0 Å². The summed E-state index contributed by atoms with van der Waals surface area (Å²) in [5.74, 6) is 0.454. The molecular weight excluding hydrogens is 569 g/mol. The van der Waals surface area contributed by atoms with Crippen molar-refractivity contribution in [3.05, 3.63) is 45.6 Å². The molecule has 1 saturated heterocycles. The molecule has 232 valence electrons. The van der Waals surface area contributed by atoms with Crippen molar-refractivity contribution in [2.24, 2.45) is 22.2 Å². The maximum absolute atomic E-state index is 13.6. The molecule has 1 aromatic rings. The number of rotatable bonds is 9. The number of halogens is 2. The highest BCUT2D eigenvalue weighted by atomic mass is 35.5. The molecule has 2 N–H and O–H groups in total. The fraction of sp³-hybridized carbons (Fsp3) is 0.667. The molecule has 1 aromatic carbocycles. The van der Waals surface area contributed by atoms with Crippen LogP contribution in [0.5, 0.6) is 0 Å². The molecule has 0 spiro atoms. The van der Waals surface area contributed by atoms with E-state index in [9.17, 15) is 9.59 Å².